The fraction of sp³-hybridized carbons (Fsp3) is 0.235. The van der Waals surface area contributed by atoms with E-state index in [1.807, 2.05) is 56.3 Å². The molecule has 0 aliphatic heterocycles. The molecule has 3 N–H and O–H groups in total. The minimum Gasteiger partial charge on any atom is -0.330 e. The Morgan fingerprint density at radius 2 is 1.80 bits per heavy atom. The second-order valence-electron chi connectivity index (χ2n) is 5.01. The van der Waals surface area contributed by atoms with Crippen molar-refractivity contribution in [2.45, 2.75) is 20.3 Å². The highest BCUT2D eigenvalue weighted by molar-refractivity contribution is 6.04. The van der Waals surface area contributed by atoms with Crippen LogP contribution in [-0.2, 0) is 6.42 Å². The van der Waals surface area contributed by atoms with E-state index in [0.717, 1.165) is 28.8 Å². The SMILES string of the molecule is Cc1ccc(C)c(NC(=O)c2ccc(CCN)cc2)c1. The van der Waals surface area contributed by atoms with E-state index in [0.29, 0.717) is 12.1 Å². The Kier molecular flexibility index (Phi) is 4.53. The Morgan fingerprint density at radius 1 is 1.10 bits per heavy atom. The van der Waals surface area contributed by atoms with Gasteiger partial charge in [-0.1, -0.05) is 24.3 Å². The molecule has 1 amide bonds. The summed E-state index contributed by atoms with van der Waals surface area (Å²) in [4.78, 5) is 12.2. The van der Waals surface area contributed by atoms with Crippen LogP contribution in [0.25, 0.3) is 0 Å². The third-order valence-corrected chi connectivity index (χ3v) is 3.29. The smallest absolute Gasteiger partial charge is 0.255 e. The van der Waals surface area contributed by atoms with Gasteiger partial charge in [-0.25, -0.2) is 0 Å². The fourth-order valence-corrected chi connectivity index (χ4v) is 2.05. The normalized spacial score (nSPS) is 10.3. The number of aryl methyl sites for hydroxylation is 2. The zero-order valence-corrected chi connectivity index (χ0v) is 11.9. The standard InChI is InChI=1S/C17H20N2O/c1-12-3-4-13(2)16(11-12)19-17(20)15-7-5-14(6-8-15)9-10-18/h3-8,11H,9-10,18H2,1-2H3,(H,19,20). The van der Waals surface area contributed by atoms with E-state index in [-0.39, 0.29) is 5.91 Å². The second-order valence-corrected chi connectivity index (χ2v) is 5.01. The van der Waals surface area contributed by atoms with Gasteiger partial charge in [0.2, 0.25) is 0 Å². The second kappa shape index (κ2) is 6.35. The van der Waals surface area contributed by atoms with Crippen molar-refractivity contribution in [3.63, 3.8) is 0 Å². The van der Waals surface area contributed by atoms with Crippen LogP contribution in [0.1, 0.15) is 27.0 Å². The molecule has 0 saturated heterocycles. The lowest BCUT2D eigenvalue weighted by molar-refractivity contribution is 0.102. The molecule has 2 aromatic rings. The summed E-state index contributed by atoms with van der Waals surface area (Å²) >= 11 is 0. The third kappa shape index (κ3) is 3.45. The highest BCUT2D eigenvalue weighted by Crippen LogP contribution is 2.17. The molecule has 104 valence electrons. The largest absolute Gasteiger partial charge is 0.330 e. The van der Waals surface area contributed by atoms with Crippen LogP contribution in [0.5, 0.6) is 0 Å². The Bertz CT molecular complexity index is 603. The zero-order valence-electron chi connectivity index (χ0n) is 11.9. The lowest BCUT2D eigenvalue weighted by Gasteiger charge is -2.09. The highest BCUT2D eigenvalue weighted by Gasteiger charge is 2.07. The number of nitrogens with one attached hydrogen (secondary N) is 1. The summed E-state index contributed by atoms with van der Waals surface area (Å²) < 4.78 is 0. The molecule has 2 aromatic carbocycles. The average molecular weight is 268 g/mol. The first-order valence-corrected chi connectivity index (χ1v) is 6.78. The maximum absolute atomic E-state index is 12.2. The minimum absolute atomic E-state index is 0.0852. The molecule has 3 heteroatoms. The Balaban J connectivity index is 2.13. The van der Waals surface area contributed by atoms with E-state index in [9.17, 15) is 4.79 Å². The van der Waals surface area contributed by atoms with Crippen molar-refractivity contribution in [3.8, 4) is 0 Å². The van der Waals surface area contributed by atoms with E-state index in [1.54, 1.807) is 0 Å². The summed E-state index contributed by atoms with van der Waals surface area (Å²) in [5, 5.41) is 2.96. The van der Waals surface area contributed by atoms with Crippen molar-refractivity contribution >= 4 is 11.6 Å². The predicted molar refractivity (Wildman–Crippen MR) is 83.1 cm³/mol. The fourth-order valence-electron chi connectivity index (χ4n) is 2.05. The number of amides is 1. The molecule has 0 unspecified atom stereocenters. The molecule has 0 bridgehead atoms. The molecule has 20 heavy (non-hydrogen) atoms. The maximum Gasteiger partial charge on any atom is 0.255 e. The average Bonchev–Trinajstić information content (AvgIpc) is 2.44. The van der Waals surface area contributed by atoms with Gasteiger partial charge >= 0.3 is 0 Å². The van der Waals surface area contributed by atoms with E-state index < -0.39 is 0 Å². The third-order valence-electron chi connectivity index (χ3n) is 3.29. The number of carbonyl (C=O) groups excluding carboxylic acids is 1. The Labute approximate surface area is 119 Å². The van der Waals surface area contributed by atoms with Crippen molar-refractivity contribution in [1.82, 2.24) is 0 Å². The molecule has 0 spiro atoms. The molecular formula is C17H20N2O. The van der Waals surface area contributed by atoms with Gasteiger partial charge in [0.15, 0.2) is 0 Å². The topological polar surface area (TPSA) is 55.1 Å². The molecule has 0 aliphatic carbocycles. The van der Waals surface area contributed by atoms with Crippen LogP contribution in [0.2, 0.25) is 0 Å². The number of hydrogen-bond donors (Lipinski definition) is 2. The quantitative estimate of drug-likeness (QED) is 0.895. The van der Waals surface area contributed by atoms with Gasteiger partial charge in [0.05, 0.1) is 0 Å². The zero-order chi connectivity index (χ0) is 14.5. The van der Waals surface area contributed by atoms with Crippen molar-refractivity contribution in [2.24, 2.45) is 5.73 Å². The maximum atomic E-state index is 12.2. The van der Waals surface area contributed by atoms with Crippen LogP contribution in [0.15, 0.2) is 42.5 Å². The Morgan fingerprint density at radius 3 is 2.45 bits per heavy atom. The van der Waals surface area contributed by atoms with Crippen molar-refractivity contribution < 1.29 is 4.79 Å². The number of carbonyl (C=O) groups is 1. The first-order chi connectivity index (χ1) is 9.60. The van der Waals surface area contributed by atoms with E-state index in [2.05, 4.69) is 5.32 Å². The summed E-state index contributed by atoms with van der Waals surface area (Å²) in [5.41, 5.74) is 10.4. The van der Waals surface area contributed by atoms with Gasteiger partial charge in [0, 0.05) is 11.3 Å². The first kappa shape index (κ1) is 14.3. The van der Waals surface area contributed by atoms with Gasteiger partial charge < -0.3 is 11.1 Å². The van der Waals surface area contributed by atoms with Gasteiger partial charge in [-0.2, -0.15) is 0 Å². The van der Waals surface area contributed by atoms with E-state index in [1.165, 1.54) is 0 Å². The molecule has 0 fully saturated rings. The highest BCUT2D eigenvalue weighted by atomic mass is 16.1. The van der Waals surface area contributed by atoms with Crippen LogP contribution < -0.4 is 11.1 Å². The summed E-state index contributed by atoms with van der Waals surface area (Å²) in [5.74, 6) is -0.0852. The summed E-state index contributed by atoms with van der Waals surface area (Å²) in [6.45, 7) is 4.62. The van der Waals surface area contributed by atoms with Crippen LogP contribution in [-0.4, -0.2) is 12.5 Å². The van der Waals surface area contributed by atoms with Gasteiger partial charge in [-0.05, 0) is 61.7 Å². The van der Waals surface area contributed by atoms with Crippen LogP contribution >= 0.6 is 0 Å². The first-order valence-electron chi connectivity index (χ1n) is 6.78. The lowest BCUT2D eigenvalue weighted by Crippen LogP contribution is -2.13. The van der Waals surface area contributed by atoms with Gasteiger partial charge in [-0.3, -0.25) is 4.79 Å². The number of rotatable bonds is 4. The molecule has 0 heterocycles. The van der Waals surface area contributed by atoms with Crippen molar-refractivity contribution in [3.05, 3.63) is 64.7 Å². The minimum atomic E-state index is -0.0852. The Hall–Kier alpha value is -2.13. The van der Waals surface area contributed by atoms with E-state index >= 15 is 0 Å². The lowest BCUT2D eigenvalue weighted by atomic mass is 10.1. The monoisotopic (exact) mass is 268 g/mol. The molecular weight excluding hydrogens is 248 g/mol. The van der Waals surface area contributed by atoms with Gasteiger partial charge in [0.25, 0.3) is 5.91 Å². The molecule has 0 radical (unpaired) electrons. The molecule has 0 atom stereocenters. The summed E-state index contributed by atoms with van der Waals surface area (Å²) in [7, 11) is 0. The molecule has 2 rings (SSSR count). The van der Waals surface area contributed by atoms with Gasteiger partial charge in [0.1, 0.15) is 0 Å². The molecule has 0 saturated carbocycles. The van der Waals surface area contributed by atoms with Gasteiger partial charge in [-0.15, -0.1) is 0 Å². The van der Waals surface area contributed by atoms with Crippen LogP contribution in [0, 0.1) is 13.8 Å². The number of benzene rings is 2. The van der Waals surface area contributed by atoms with Crippen LogP contribution in [0.3, 0.4) is 0 Å². The molecule has 0 aromatic heterocycles. The molecule has 3 nitrogen and oxygen atoms in total. The number of nitrogens with two attached hydrogens (primary N) is 1. The van der Waals surface area contributed by atoms with Crippen LogP contribution in [0.4, 0.5) is 5.69 Å². The van der Waals surface area contributed by atoms with Crippen molar-refractivity contribution in [2.75, 3.05) is 11.9 Å². The van der Waals surface area contributed by atoms with Crippen molar-refractivity contribution in [1.29, 1.82) is 0 Å². The summed E-state index contributed by atoms with van der Waals surface area (Å²) in [6.07, 6.45) is 0.832. The van der Waals surface area contributed by atoms with E-state index in [4.69, 9.17) is 5.73 Å². The number of hydrogen-bond acceptors (Lipinski definition) is 2. The molecule has 0 aliphatic rings. The summed E-state index contributed by atoms with van der Waals surface area (Å²) in [6, 6.07) is 13.6. The predicted octanol–water partition coefficient (Wildman–Crippen LogP) is 3.06. The number of anilines is 1.